The molecule has 0 atom stereocenters. The van der Waals surface area contributed by atoms with Gasteiger partial charge in [-0.25, -0.2) is 8.42 Å². The average molecular weight is 255 g/mol. The molecule has 0 saturated heterocycles. The zero-order valence-electron chi connectivity index (χ0n) is 9.86. The van der Waals surface area contributed by atoms with Gasteiger partial charge in [-0.15, -0.1) is 4.48 Å². The summed E-state index contributed by atoms with van der Waals surface area (Å²) in [6.45, 7) is 1.14. The lowest BCUT2D eigenvalue weighted by Crippen LogP contribution is -2.28. The number of hydrogen-bond acceptors (Lipinski definition) is 3. The minimum Gasteiger partial charge on any atom is -0.395 e. The zero-order chi connectivity index (χ0) is 12.4. The Morgan fingerprint density at radius 2 is 1.69 bits per heavy atom. The van der Waals surface area contributed by atoms with E-state index < -0.39 is 23.2 Å². The summed E-state index contributed by atoms with van der Waals surface area (Å²) in [6.07, 6.45) is 5.70. The van der Waals surface area contributed by atoms with Gasteiger partial charge in [0.25, 0.3) is 0 Å². The molecule has 6 heteroatoms. The van der Waals surface area contributed by atoms with E-state index in [1.807, 2.05) is 0 Å². The molecule has 0 saturated carbocycles. The summed E-state index contributed by atoms with van der Waals surface area (Å²) in [5.41, 5.74) is 0. The van der Waals surface area contributed by atoms with E-state index in [1.165, 1.54) is 0 Å². The molecule has 0 fully saturated rings. The molecule has 4 nitrogen and oxygen atoms in total. The van der Waals surface area contributed by atoms with Crippen LogP contribution in [0.25, 0.3) is 0 Å². The third-order valence-electron chi connectivity index (χ3n) is 2.33. The standard InChI is InChI=1S/C10H22FNO3S/c1-2-3-4-5-6-7-10-16(14,15)12(11)8-9-13/h13H,2-10H2,1H3. The van der Waals surface area contributed by atoms with E-state index in [0.29, 0.717) is 6.42 Å². The molecule has 0 aliphatic heterocycles. The van der Waals surface area contributed by atoms with E-state index in [1.54, 1.807) is 0 Å². The maximum atomic E-state index is 12.9. The van der Waals surface area contributed by atoms with E-state index in [4.69, 9.17) is 5.11 Å². The highest BCUT2D eigenvalue weighted by atomic mass is 32.2. The van der Waals surface area contributed by atoms with Gasteiger partial charge in [-0.05, 0) is 10.9 Å². The van der Waals surface area contributed by atoms with Crippen molar-refractivity contribution < 1.29 is 18.0 Å². The van der Waals surface area contributed by atoms with Crippen molar-refractivity contribution in [3.8, 4) is 0 Å². The molecule has 0 unspecified atom stereocenters. The van der Waals surface area contributed by atoms with Crippen LogP contribution in [-0.4, -0.2) is 37.0 Å². The summed E-state index contributed by atoms with van der Waals surface area (Å²) >= 11 is 0. The zero-order valence-corrected chi connectivity index (χ0v) is 10.7. The molecule has 0 rings (SSSR count). The van der Waals surface area contributed by atoms with E-state index in [9.17, 15) is 12.9 Å². The number of aliphatic hydroxyl groups excluding tert-OH is 1. The van der Waals surface area contributed by atoms with Gasteiger partial charge in [0.2, 0.25) is 10.0 Å². The first-order valence-corrected chi connectivity index (χ1v) is 7.42. The van der Waals surface area contributed by atoms with Gasteiger partial charge in [-0.2, -0.15) is 0 Å². The molecule has 16 heavy (non-hydrogen) atoms. The quantitative estimate of drug-likeness (QED) is 0.479. The van der Waals surface area contributed by atoms with Crippen molar-refractivity contribution >= 4 is 10.0 Å². The molecule has 0 aromatic heterocycles. The van der Waals surface area contributed by atoms with Crippen molar-refractivity contribution in [3.63, 3.8) is 0 Å². The van der Waals surface area contributed by atoms with Crippen LogP contribution < -0.4 is 0 Å². The van der Waals surface area contributed by atoms with Gasteiger partial charge < -0.3 is 5.11 Å². The number of sulfonamides is 1. The second-order valence-electron chi connectivity index (χ2n) is 3.82. The molecule has 0 radical (unpaired) electrons. The normalized spacial score (nSPS) is 12.2. The van der Waals surface area contributed by atoms with Crippen LogP contribution in [0, 0.1) is 0 Å². The monoisotopic (exact) mass is 255 g/mol. The fourth-order valence-corrected chi connectivity index (χ4v) is 2.51. The molecule has 1 N–H and O–H groups in total. The lowest BCUT2D eigenvalue weighted by molar-refractivity contribution is 0.108. The van der Waals surface area contributed by atoms with Gasteiger partial charge in [-0.1, -0.05) is 39.0 Å². The maximum Gasteiger partial charge on any atom is 0.240 e. The summed E-state index contributed by atoms with van der Waals surface area (Å²) in [6, 6.07) is 0. The lowest BCUT2D eigenvalue weighted by Gasteiger charge is -2.10. The summed E-state index contributed by atoms with van der Waals surface area (Å²) in [7, 11) is -3.81. The summed E-state index contributed by atoms with van der Waals surface area (Å²) < 4.78 is 35.1. The Morgan fingerprint density at radius 1 is 1.12 bits per heavy atom. The van der Waals surface area contributed by atoms with Gasteiger partial charge in [0.1, 0.15) is 0 Å². The topological polar surface area (TPSA) is 57.6 Å². The van der Waals surface area contributed by atoms with Crippen LogP contribution >= 0.6 is 0 Å². The average Bonchev–Trinajstić information content (AvgIpc) is 2.23. The highest BCUT2D eigenvalue weighted by molar-refractivity contribution is 7.88. The smallest absolute Gasteiger partial charge is 0.240 e. The molecular formula is C10H22FNO3S. The van der Waals surface area contributed by atoms with E-state index in [0.717, 1.165) is 32.1 Å². The summed E-state index contributed by atoms with van der Waals surface area (Å²) in [4.78, 5) is 0. The minimum absolute atomic E-state index is 0.171. The van der Waals surface area contributed by atoms with E-state index in [2.05, 4.69) is 6.92 Å². The van der Waals surface area contributed by atoms with Gasteiger partial charge in [-0.3, -0.25) is 0 Å². The maximum absolute atomic E-state index is 12.9. The van der Waals surface area contributed by atoms with Gasteiger partial charge in [0, 0.05) is 0 Å². The van der Waals surface area contributed by atoms with Crippen molar-refractivity contribution in [3.05, 3.63) is 0 Å². The van der Waals surface area contributed by atoms with Crippen molar-refractivity contribution in [2.24, 2.45) is 0 Å². The van der Waals surface area contributed by atoms with Crippen molar-refractivity contribution in [2.45, 2.75) is 45.4 Å². The summed E-state index contributed by atoms with van der Waals surface area (Å²) in [5.74, 6) is -0.171. The molecular weight excluding hydrogens is 233 g/mol. The van der Waals surface area contributed by atoms with Crippen molar-refractivity contribution in [1.29, 1.82) is 0 Å². The highest BCUT2D eigenvalue weighted by Gasteiger charge is 2.20. The Morgan fingerprint density at radius 3 is 2.25 bits per heavy atom. The first-order valence-electron chi connectivity index (χ1n) is 5.81. The van der Waals surface area contributed by atoms with Gasteiger partial charge in [0.15, 0.2) is 0 Å². The number of aliphatic hydroxyl groups is 1. The Labute approximate surface area is 97.4 Å². The van der Waals surface area contributed by atoms with Crippen molar-refractivity contribution in [2.75, 3.05) is 18.9 Å². The molecule has 0 spiro atoms. The third kappa shape index (κ3) is 7.14. The predicted molar refractivity (Wildman–Crippen MR) is 62.1 cm³/mol. The molecule has 0 aromatic carbocycles. The third-order valence-corrected chi connectivity index (χ3v) is 3.92. The van der Waals surface area contributed by atoms with Crippen LogP contribution in [0.2, 0.25) is 0 Å². The summed E-state index contributed by atoms with van der Waals surface area (Å²) in [5, 5.41) is 8.42. The molecule has 98 valence electrons. The largest absolute Gasteiger partial charge is 0.395 e. The lowest BCUT2D eigenvalue weighted by atomic mass is 10.1. The second kappa shape index (κ2) is 8.90. The van der Waals surface area contributed by atoms with Crippen LogP contribution in [0.4, 0.5) is 4.48 Å². The van der Waals surface area contributed by atoms with Crippen LogP contribution in [0.15, 0.2) is 0 Å². The SMILES string of the molecule is CCCCCCCCS(=O)(=O)N(F)CCO. The predicted octanol–water partition coefficient (Wildman–Crippen LogP) is 1.86. The van der Waals surface area contributed by atoms with Crippen LogP contribution in [-0.2, 0) is 10.0 Å². The number of unbranched alkanes of at least 4 members (excludes halogenated alkanes) is 5. The molecule has 0 amide bonds. The Bertz CT molecular complexity index is 257. The Balaban J connectivity index is 3.66. The van der Waals surface area contributed by atoms with Gasteiger partial charge in [0.05, 0.1) is 18.9 Å². The fraction of sp³-hybridized carbons (Fsp3) is 1.00. The van der Waals surface area contributed by atoms with E-state index in [-0.39, 0.29) is 10.3 Å². The Hall–Kier alpha value is -0.200. The van der Waals surface area contributed by atoms with E-state index >= 15 is 0 Å². The number of hydrogen-bond donors (Lipinski definition) is 1. The van der Waals surface area contributed by atoms with Crippen LogP contribution in [0.5, 0.6) is 0 Å². The van der Waals surface area contributed by atoms with Crippen molar-refractivity contribution in [1.82, 2.24) is 4.53 Å². The number of rotatable bonds is 10. The molecule has 0 heterocycles. The number of halogens is 1. The van der Waals surface area contributed by atoms with Crippen LogP contribution in [0.1, 0.15) is 45.4 Å². The molecule has 0 aliphatic carbocycles. The fourth-order valence-electron chi connectivity index (χ4n) is 1.38. The van der Waals surface area contributed by atoms with Gasteiger partial charge >= 0.3 is 0 Å². The van der Waals surface area contributed by atoms with Crippen LogP contribution in [0.3, 0.4) is 0 Å². The molecule has 0 aliphatic rings. The Kier molecular flexibility index (Phi) is 8.78. The second-order valence-corrected chi connectivity index (χ2v) is 5.79. The first kappa shape index (κ1) is 15.8. The highest BCUT2D eigenvalue weighted by Crippen LogP contribution is 2.09. The first-order chi connectivity index (χ1) is 7.54. The number of nitrogens with zero attached hydrogens (tertiary/aromatic N) is 1. The molecule has 0 aromatic rings. The minimum atomic E-state index is -3.81. The molecule has 0 bridgehead atoms.